The van der Waals surface area contributed by atoms with Crippen LogP contribution in [0, 0.1) is 11.3 Å². The van der Waals surface area contributed by atoms with Crippen LogP contribution in [-0.4, -0.2) is 50.0 Å². The van der Waals surface area contributed by atoms with Crippen LogP contribution in [0.2, 0.25) is 0 Å². The Labute approximate surface area is 199 Å². The average molecular weight is 457 g/mol. The first-order valence-electron chi connectivity index (χ1n) is 12.0. The number of benzene rings is 2. The zero-order valence-corrected chi connectivity index (χ0v) is 19.3. The van der Waals surface area contributed by atoms with E-state index in [0.29, 0.717) is 31.2 Å². The largest absolute Gasteiger partial charge is 0.361 e. The molecule has 0 amide bonds. The molecule has 1 saturated heterocycles. The molecular weight excluding hydrogens is 427 g/mol. The van der Waals surface area contributed by atoms with Crippen LogP contribution in [-0.2, 0) is 12.8 Å². The molecule has 0 unspecified atom stereocenters. The summed E-state index contributed by atoms with van der Waals surface area (Å²) in [6, 6.07) is 16.1. The number of aryl methyl sites for hydroxylation is 2. The van der Waals surface area contributed by atoms with Gasteiger partial charge in [-0.1, -0.05) is 18.2 Å². The summed E-state index contributed by atoms with van der Waals surface area (Å²) in [4.78, 5) is 5.76. The quantitative estimate of drug-likeness (QED) is 0.405. The molecule has 0 aliphatic carbocycles. The minimum atomic E-state index is -1.13. The molecule has 3 heterocycles. The lowest BCUT2D eigenvalue weighted by atomic mass is 9.86. The molecule has 174 valence electrons. The summed E-state index contributed by atoms with van der Waals surface area (Å²) in [6.07, 6.45) is 9.78. The number of nitrogens with one attached hydrogen (secondary N) is 1. The van der Waals surface area contributed by atoms with Crippen LogP contribution < -0.4 is 0 Å². The molecule has 0 radical (unpaired) electrons. The highest BCUT2D eigenvalue weighted by atomic mass is 19.1. The van der Waals surface area contributed by atoms with Crippen LogP contribution in [0.4, 0.5) is 4.39 Å². The molecule has 0 spiro atoms. The van der Waals surface area contributed by atoms with Gasteiger partial charge < -0.3 is 9.88 Å². The fraction of sp³-hybridized carbons (Fsp3) is 0.370. The Hall–Kier alpha value is -3.50. The number of alkyl halides is 1. The minimum absolute atomic E-state index is 0.490. The summed E-state index contributed by atoms with van der Waals surface area (Å²) in [5.74, 6) is 0. The maximum Gasteiger partial charge on any atom is 0.123 e. The first-order chi connectivity index (χ1) is 16.6. The van der Waals surface area contributed by atoms with Gasteiger partial charge in [0.2, 0.25) is 0 Å². The fourth-order valence-electron chi connectivity index (χ4n) is 4.99. The Morgan fingerprint density at radius 1 is 1.03 bits per heavy atom. The van der Waals surface area contributed by atoms with Gasteiger partial charge in [-0.15, -0.1) is 10.2 Å². The van der Waals surface area contributed by atoms with Gasteiger partial charge >= 0.3 is 0 Å². The van der Waals surface area contributed by atoms with E-state index in [0.717, 1.165) is 49.2 Å². The molecule has 6 nitrogen and oxygen atoms in total. The second-order valence-electron chi connectivity index (χ2n) is 9.28. The monoisotopic (exact) mass is 456 g/mol. The maximum absolute atomic E-state index is 15.4. The van der Waals surface area contributed by atoms with Gasteiger partial charge in [0, 0.05) is 35.9 Å². The van der Waals surface area contributed by atoms with Crippen LogP contribution in [0.3, 0.4) is 0 Å². The van der Waals surface area contributed by atoms with Crippen molar-refractivity contribution >= 4 is 10.9 Å². The Morgan fingerprint density at radius 3 is 2.62 bits per heavy atom. The fourth-order valence-corrected chi connectivity index (χ4v) is 4.99. The van der Waals surface area contributed by atoms with E-state index in [2.05, 4.69) is 50.5 Å². The molecule has 0 bridgehead atoms. The highest BCUT2D eigenvalue weighted by Crippen LogP contribution is 2.32. The van der Waals surface area contributed by atoms with E-state index in [1.165, 1.54) is 10.9 Å². The second kappa shape index (κ2) is 9.78. The molecule has 34 heavy (non-hydrogen) atoms. The number of aromatic nitrogens is 4. The van der Waals surface area contributed by atoms with E-state index in [-0.39, 0.29) is 0 Å². The van der Waals surface area contributed by atoms with E-state index in [9.17, 15) is 5.26 Å². The molecule has 2 aromatic heterocycles. The summed E-state index contributed by atoms with van der Waals surface area (Å²) in [5.41, 5.74) is 3.97. The Balaban J connectivity index is 1.12. The molecule has 1 aliphatic rings. The lowest BCUT2D eigenvalue weighted by Crippen LogP contribution is -2.42. The van der Waals surface area contributed by atoms with Crippen LogP contribution in [0.25, 0.3) is 16.6 Å². The van der Waals surface area contributed by atoms with Gasteiger partial charge in [0.15, 0.2) is 0 Å². The number of hydrogen-bond donors (Lipinski definition) is 1. The summed E-state index contributed by atoms with van der Waals surface area (Å²) in [5, 5.41) is 18.3. The van der Waals surface area contributed by atoms with Crippen molar-refractivity contribution in [3.05, 3.63) is 78.0 Å². The van der Waals surface area contributed by atoms with E-state index in [4.69, 9.17) is 0 Å². The predicted octanol–water partition coefficient (Wildman–Crippen LogP) is 4.99. The summed E-state index contributed by atoms with van der Waals surface area (Å²) >= 11 is 0. The van der Waals surface area contributed by atoms with E-state index in [1.54, 1.807) is 12.7 Å². The molecule has 1 N–H and O–H groups in total. The third-order valence-corrected chi connectivity index (χ3v) is 7.12. The van der Waals surface area contributed by atoms with Crippen LogP contribution in [0.1, 0.15) is 42.4 Å². The minimum Gasteiger partial charge on any atom is -0.361 e. The number of halogens is 1. The topological polar surface area (TPSA) is 73.5 Å². The Kier molecular flexibility index (Phi) is 6.41. The Morgan fingerprint density at radius 2 is 1.82 bits per heavy atom. The average Bonchev–Trinajstić information content (AvgIpc) is 3.55. The molecule has 1 aliphatic heterocycles. The lowest BCUT2D eigenvalue weighted by molar-refractivity contribution is 0.0508. The van der Waals surface area contributed by atoms with Crippen molar-refractivity contribution in [2.24, 2.45) is 0 Å². The van der Waals surface area contributed by atoms with Gasteiger partial charge in [-0.2, -0.15) is 5.26 Å². The van der Waals surface area contributed by atoms with Crippen LogP contribution in [0.5, 0.6) is 0 Å². The molecule has 0 saturated carbocycles. The van der Waals surface area contributed by atoms with Crippen LogP contribution >= 0.6 is 0 Å². The standard InChI is InChI=1S/C27H29FN6/c28-27(10-9-21-4-1-2-5-22(21)17-29)11-14-33(15-12-27)13-3-6-23-18-30-26-8-7-24(16-25(23)26)34-19-31-32-20-34/h1-2,4-5,7-8,16,18-20,30H,3,6,9-15H2. The highest BCUT2D eigenvalue weighted by molar-refractivity contribution is 5.85. The molecule has 1 fully saturated rings. The zero-order valence-electron chi connectivity index (χ0n) is 19.3. The van der Waals surface area contributed by atoms with E-state index in [1.807, 2.05) is 28.8 Å². The zero-order chi connectivity index (χ0) is 23.4. The molecule has 0 atom stereocenters. The molecule has 2 aromatic carbocycles. The molecule has 7 heteroatoms. The van der Waals surface area contributed by atoms with Gasteiger partial charge in [0.25, 0.3) is 0 Å². The predicted molar refractivity (Wildman–Crippen MR) is 131 cm³/mol. The van der Waals surface area contributed by atoms with Crippen molar-refractivity contribution in [1.29, 1.82) is 5.26 Å². The number of fused-ring (bicyclic) bond motifs is 1. The van der Waals surface area contributed by atoms with Crippen molar-refractivity contribution in [3.8, 4) is 11.8 Å². The van der Waals surface area contributed by atoms with Crippen molar-refractivity contribution < 1.29 is 4.39 Å². The molecular formula is C27H29FN6. The summed E-state index contributed by atoms with van der Waals surface area (Å²) < 4.78 is 17.3. The lowest BCUT2D eigenvalue weighted by Gasteiger charge is -2.36. The SMILES string of the molecule is N#Cc1ccccc1CCC1(F)CCN(CCCc2c[nH]c3ccc(-n4cnnc4)cc23)CC1. The second-order valence-corrected chi connectivity index (χ2v) is 9.28. The number of H-pyrrole nitrogens is 1. The van der Waals surface area contributed by atoms with Gasteiger partial charge in [-0.25, -0.2) is 4.39 Å². The van der Waals surface area contributed by atoms with Gasteiger partial charge in [0.1, 0.15) is 18.3 Å². The first kappa shape index (κ1) is 22.3. The molecule has 5 rings (SSSR count). The number of piperidine rings is 1. The number of nitrogens with zero attached hydrogens (tertiary/aromatic N) is 5. The third-order valence-electron chi connectivity index (χ3n) is 7.12. The van der Waals surface area contributed by atoms with Crippen molar-refractivity contribution in [3.63, 3.8) is 0 Å². The van der Waals surface area contributed by atoms with E-state index < -0.39 is 5.67 Å². The number of aromatic amines is 1. The number of hydrogen-bond acceptors (Lipinski definition) is 4. The van der Waals surface area contributed by atoms with E-state index >= 15 is 4.39 Å². The first-order valence-corrected chi connectivity index (χ1v) is 12.0. The highest BCUT2D eigenvalue weighted by Gasteiger charge is 2.34. The Bertz CT molecular complexity index is 1280. The maximum atomic E-state index is 15.4. The smallest absolute Gasteiger partial charge is 0.123 e. The van der Waals surface area contributed by atoms with Crippen LogP contribution in [0.15, 0.2) is 61.3 Å². The normalized spacial score (nSPS) is 16.0. The van der Waals surface area contributed by atoms with Gasteiger partial charge in [-0.05, 0) is 80.5 Å². The summed E-state index contributed by atoms with van der Waals surface area (Å²) in [7, 11) is 0. The molecule has 4 aromatic rings. The summed E-state index contributed by atoms with van der Waals surface area (Å²) in [6.45, 7) is 2.56. The third kappa shape index (κ3) is 4.87. The van der Waals surface area contributed by atoms with Gasteiger partial charge in [0.05, 0.1) is 11.6 Å². The van der Waals surface area contributed by atoms with Crippen molar-refractivity contribution in [2.45, 2.75) is 44.2 Å². The van der Waals surface area contributed by atoms with Crippen molar-refractivity contribution in [2.75, 3.05) is 19.6 Å². The van der Waals surface area contributed by atoms with Crippen molar-refractivity contribution in [1.82, 2.24) is 24.6 Å². The number of likely N-dealkylation sites (tertiary alicyclic amines) is 1. The number of nitriles is 1. The van der Waals surface area contributed by atoms with Gasteiger partial charge in [-0.3, -0.25) is 4.57 Å². The number of rotatable bonds is 8.